The zero-order valence-electron chi connectivity index (χ0n) is 5.14. The van der Waals surface area contributed by atoms with Gasteiger partial charge in [-0.15, -0.1) is 0 Å². The van der Waals surface area contributed by atoms with Gasteiger partial charge in [0, 0.05) is 0 Å². The topological polar surface area (TPSA) is 30.0 Å². The van der Waals surface area contributed by atoms with Crippen LogP contribution in [-0.4, -0.2) is 11.3 Å². The van der Waals surface area contributed by atoms with Crippen LogP contribution in [0.15, 0.2) is 10.8 Å². The van der Waals surface area contributed by atoms with Gasteiger partial charge in [-0.05, 0) is 15.9 Å². The highest BCUT2D eigenvalue weighted by atomic mass is 79.9. The first-order valence-corrected chi connectivity index (χ1v) is 3.40. The molecule has 0 aromatic carbocycles. The number of rotatable bonds is 1. The molecule has 1 heterocycles. The molecule has 0 aliphatic rings. The Labute approximate surface area is 69.4 Å². The molecule has 0 N–H and O–H groups in total. The van der Waals surface area contributed by atoms with Gasteiger partial charge in [0.2, 0.25) is 0 Å². The van der Waals surface area contributed by atoms with Gasteiger partial charge < -0.3 is 0 Å². The highest BCUT2D eigenvalue weighted by Gasteiger charge is 2.11. The summed E-state index contributed by atoms with van der Waals surface area (Å²) in [6.45, 7) is 0. The smallest absolute Gasteiger partial charge is 0.169 e. The van der Waals surface area contributed by atoms with Crippen LogP contribution >= 0.6 is 15.9 Å². The van der Waals surface area contributed by atoms with E-state index < -0.39 is 17.2 Å². The second kappa shape index (κ2) is 3.04. The maximum absolute atomic E-state index is 12.7. The highest BCUT2D eigenvalue weighted by molar-refractivity contribution is 9.10. The molecule has 0 amide bonds. The first-order chi connectivity index (χ1) is 5.16. The number of aldehydes is 1. The molecule has 1 rings (SSSR count). The molecule has 1 aromatic heterocycles. The summed E-state index contributed by atoms with van der Waals surface area (Å²) in [6.07, 6.45) is 0.883. The summed E-state index contributed by atoms with van der Waals surface area (Å²) in [5.74, 6) is -1.93. The average molecular weight is 222 g/mol. The van der Waals surface area contributed by atoms with E-state index >= 15 is 0 Å². The van der Waals surface area contributed by atoms with Crippen LogP contribution in [0.4, 0.5) is 8.78 Å². The van der Waals surface area contributed by atoms with Crippen molar-refractivity contribution in [3.8, 4) is 0 Å². The van der Waals surface area contributed by atoms with Crippen molar-refractivity contribution in [1.82, 2.24) is 4.98 Å². The minimum absolute atomic E-state index is 0.108. The van der Waals surface area contributed by atoms with Gasteiger partial charge in [-0.3, -0.25) is 4.79 Å². The van der Waals surface area contributed by atoms with Crippen molar-refractivity contribution in [2.24, 2.45) is 0 Å². The Morgan fingerprint density at radius 3 is 2.64 bits per heavy atom. The lowest BCUT2D eigenvalue weighted by molar-refractivity contribution is 0.111. The molecule has 0 spiro atoms. The Hall–Kier alpha value is -0.840. The standard InChI is InChI=1S/C6H2BrF2NO/c7-6-5(9)3(2-11)4(8)1-10-6/h1-2H. The van der Waals surface area contributed by atoms with E-state index in [1.165, 1.54) is 0 Å². The van der Waals surface area contributed by atoms with Crippen molar-refractivity contribution in [1.29, 1.82) is 0 Å². The van der Waals surface area contributed by atoms with Crippen LogP contribution in [0.2, 0.25) is 0 Å². The average Bonchev–Trinajstić information content (AvgIpc) is 1.99. The van der Waals surface area contributed by atoms with Crippen molar-refractivity contribution >= 4 is 22.2 Å². The van der Waals surface area contributed by atoms with Crippen LogP contribution in [0.5, 0.6) is 0 Å². The lowest BCUT2D eigenvalue weighted by Crippen LogP contribution is -1.96. The lowest BCUT2D eigenvalue weighted by Gasteiger charge is -1.96. The third-order valence-electron chi connectivity index (χ3n) is 1.08. The first-order valence-electron chi connectivity index (χ1n) is 2.61. The Bertz CT molecular complexity index is 303. The van der Waals surface area contributed by atoms with E-state index in [4.69, 9.17) is 0 Å². The number of aromatic nitrogens is 1. The second-order valence-electron chi connectivity index (χ2n) is 1.74. The normalized spacial score (nSPS) is 9.73. The summed E-state index contributed by atoms with van der Waals surface area (Å²) in [7, 11) is 0. The fourth-order valence-corrected chi connectivity index (χ4v) is 0.880. The number of pyridine rings is 1. The van der Waals surface area contributed by atoms with Gasteiger partial charge in [0.25, 0.3) is 0 Å². The second-order valence-corrected chi connectivity index (χ2v) is 2.49. The summed E-state index contributed by atoms with van der Waals surface area (Å²) in [6, 6.07) is 0. The Balaban J connectivity index is 3.40. The molecule has 0 aliphatic heterocycles. The molecule has 0 bridgehead atoms. The molecule has 0 aliphatic carbocycles. The van der Waals surface area contributed by atoms with E-state index in [2.05, 4.69) is 20.9 Å². The number of carbonyl (C=O) groups excluding carboxylic acids is 1. The SMILES string of the molecule is O=Cc1c(F)cnc(Br)c1F. The number of nitrogens with zero attached hydrogens (tertiary/aromatic N) is 1. The van der Waals surface area contributed by atoms with E-state index in [1.807, 2.05) is 0 Å². The third-order valence-corrected chi connectivity index (χ3v) is 1.64. The van der Waals surface area contributed by atoms with E-state index in [1.54, 1.807) is 0 Å². The minimum atomic E-state index is -0.972. The molecule has 2 nitrogen and oxygen atoms in total. The Morgan fingerprint density at radius 1 is 1.55 bits per heavy atom. The van der Waals surface area contributed by atoms with Crippen LogP contribution < -0.4 is 0 Å². The Kier molecular flexibility index (Phi) is 2.28. The van der Waals surface area contributed by atoms with E-state index in [-0.39, 0.29) is 10.9 Å². The van der Waals surface area contributed by atoms with Crippen LogP contribution in [-0.2, 0) is 0 Å². The zero-order chi connectivity index (χ0) is 8.43. The molecular formula is C6H2BrF2NO. The molecule has 0 saturated heterocycles. The van der Waals surface area contributed by atoms with Gasteiger partial charge in [-0.2, -0.15) is 0 Å². The highest BCUT2D eigenvalue weighted by Crippen LogP contribution is 2.16. The van der Waals surface area contributed by atoms with Gasteiger partial charge in [-0.1, -0.05) is 0 Å². The summed E-state index contributed by atoms with van der Waals surface area (Å²) in [4.78, 5) is 13.4. The fourth-order valence-electron chi connectivity index (χ4n) is 0.564. The number of hydrogen-bond donors (Lipinski definition) is 0. The van der Waals surface area contributed by atoms with Gasteiger partial charge in [0.05, 0.1) is 11.8 Å². The van der Waals surface area contributed by atoms with Crippen molar-refractivity contribution in [3.05, 3.63) is 28.0 Å². The van der Waals surface area contributed by atoms with E-state index in [0.29, 0.717) is 0 Å². The summed E-state index contributed by atoms with van der Waals surface area (Å²) < 4.78 is 25.0. The monoisotopic (exact) mass is 221 g/mol. The number of halogens is 3. The fraction of sp³-hybridized carbons (Fsp3) is 0. The molecular weight excluding hydrogens is 220 g/mol. The van der Waals surface area contributed by atoms with E-state index in [9.17, 15) is 13.6 Å². The van der Waals surface area contributed by atoms with Gasteiger partial charge in [-0.25, -0.2) is 13.8 Å². The van der Waals surface area contributed by atoms with Crippen molar-refractivity contribution < 1.29 is 13.6 Å². The lowest BCUT2D eigenvalue weighted by atomic mass is 10.3. The zero-order valence-corrected chi connectivity index (χ0v) is 6.73. The van der Waals surface area contributed by atoms with E-state index in [0.717, 1.165) is 6.20 Å². The molecule has 0 fully saturated rings. The minimum Gasteiger partial charge on any atom is -0.298 e. The predicted molar refractivity (Wildman–Crippen MR) is 37.2 cm³/mol. The van der Waals surface area contributed by atoms with Crippen LogP contribution in [0.25, 0.3) is 0 Å². The Morgan fingerprint density at radius 2 is 2.18 bits per heavy atom. The third kappa shape index (κ3) is 1.42. The van der Waals surface area contributed by atoms with Gasteiger partial charge >= 0.3 is 0 Å². The van der Waals surface area contributed by atoms with Gasteiger partial charge in [0.15, 0.2) is 17.9 Å². The van der Waals surface area contributed by atoms with Crippen molar-refractivity contribution in [2.75, 3.05) is 0 Å². The summed E-state index contributed by atoms with van der Waals surface area (Å²) in [5.41, 5.74) is -0.605. The molecule has 0 radical (unpaired) electrons. The number of carbonyl (C=O) groups is 1. The van der Waals surface area contributed by atoms with Crippen LogP contribution in [0.1, 0.15) is 10.4 Å². The molecule has 11 heavy (non-hydrogen) atoms. The predicted octanol–water partition coefficient (Wildman–Crippen LogP) is 1.93. The molecule has 0 unspecified atom stereocenters. The van der Waals surface area contributed by atoms with Crippen molar-refractivity contribution in [3.63, 3.8) is 0 Å². The molecule has 5 heteroatoms. The summed E-state index contributed by atoms with van der Waals surface area (Å²) in [5, 5.41) is 0. The van der Waals surface area contributed by atoms with Gasteiger partial charge in [0.1, 0.15) is 4.60 Å². The molecule has 58 valence electrons. The van der Waals surface area contributed by atoms with Crippen LogP contribution in [0, 0.1) is 11.6 Å². The molecule has 0 atom stereocenters. The molecule has 1 aromatic rings. The summed E-state index contributed by atoms with van der Waals surface area (Å²) >= 11 is 2.71. The molecule has 0 saturated carbocycles. The quantitative estimate of drug-likeness (QED) is 0.536. The van der Waals surface area contributed by atoms with Crippen molar-refractivity contribution in [2.45, 2.75) is 0 Å². The number of hydrogen-bond acceptors (Lipinski definition) is 2. The largest absolute Gasteiger partial charge is 0.298 e. The maximum Gasteiger partial charge on any atom is 0.169 e. The van der Waals surface area contributed by atoms with Crippen LogP contribution in [0.3, 0.4) is 0 Å². The maximum atomic E-state index is 12.7. The first kappa shape index (κ1) is 8.26.